The van der Waals surface area contributed by atoms with Gasteiger partial charge in [0.1, 0.15) is 6.10 Å². The quantitative estimate of drug-likeness (QED) is 0.912. The molecule has 1 aromatic carbocycles. The number of hydrogen-bond donors (Lipinski definition) is 1. The van der Waals surface area contributed by atoms with E-state index < -0.39 is 15.9 Å². The van der Waals surface area contributed by atoms with Gasteiger partial charge in [0, 0.05) is 18.6 Å². The van der Waals surface area contributed by atoms with Crippen molar-refractivity contribution in [3.8, 4) is 0 Å². The van der Waals surface area contributed by atoms with Crippen LogP contribution in [-0.4, -0.2) is 33.3 Å². The first kappa shape index (κ1) is 14.0. The fourth-order valence-corrected chi connectivity index (χ4v) is 2.61. The fraction of sp³-hybridized carbons (Fsp3) is 0.462. The third kappa shape index (κ3) is 3.33. The van der Waals surface area contributed by atoms with Crippen LogP contribution in [0.5, 0.6) is 0 Å². The summed E-state index contributed by atoms with van der Waals surface area (Å²) < 4.78 is 28.3. The molecule has 1 aromatic rings. The molecule has 0 saturated carbocycles. The van der Waals surface area contributed by atoms with Crippen molar-refractivity contribution in [2.75, 3.05) is 18.2 Å². The van der Waals surface area contributed by atoms with Crippen molar-refractivity contribution in [3.05, 3.63) is 23.8 Å². The molecule has 1 heterocycles. The third-order valence-electron chi connectivity index (χ3n) is 3.12. The topological polar surface area (TPSA) is 72.5 Å². The lowest BCUT2D eigenvalue weighted by Gasteiger charge is -2.13. The van der Waals surface area contributed by atoms with E-state index in [1.807, 2.05) is 6.92 Å². The van der Waals surface area contributed by atoms with Gasteiger partial charge in [-0.2, -0.15) is 0 Å². The van der Waals surface area contributed by atoms with E-state index in [9.17, 15) is 13.2 Å². The average Bonchev–Trinajstić information content (AvgIpc) is 2.84. The first-order valence-corrected chi connectivity index (χ1v) is 8.00. The van der Waals surface area contributed by atoms with Gasteiger partial charge in [-0.3, -0.25) is 4.79 Å². The van der Waals surface area contributed by atoms with Crippen LogP contribution in [0.3, 0.4) is 0 Å². The number of benzene rings is 1. The average molecular weight is 283 g/mol. The van der Waals surface area contributed by atoms with Crippen LogP contribution in [-0.2, 0) is 19.4 Å². The van der Waals surface area contributed by atoms with Crippen molar-refractivity contribution in [2.24, 2.45) is 0 Å². The molecule has 1 atom stereocenters. The smallest absolute Gasteiger partial charge is 0.253 e. The van der Waals surface area contributed by atoms with Gasteiger partial charge in [-0.15, -0.1) is 0 Å². The molecule has 1 amide bonds. The van der Waals surface area contributed by atoms with Crippen LogP contribution >= 0.6 is 0 Å². The number of amides is 1. The zero-order chi connectivity index (χ0) is 14.0. The van der Waals surface area contributed by atoms with Crippen molar-refractivity contribution in [3.63, 3.8) is 0 Å². The highest BCUT2D eigenvalue weighted by Gasteiger charge is 2.24. The number of carbonyl (C=O) groups excluding carboxylic acids is 1. The summed E-state index contributed by atoms with van der Waals surface area (Å²) >= 11 is 0. The van der Waals surface area contributed by atoms with Gasteiger partial charge in [0.15, 0.2) is 9.84 Å². The van der Waals surface area contributed by atoms with Gasteiger partial charge in [-0.05, 0) is 37.5 Å². The monoisotopic (exact) mass is 283 g/mol. The van der Waals surface area contributed by atoms with E-state index in [1.54, 1.807) is 6.07 Å². The van der Waals surface area contributed by atoms with E-state index in [-0.39, 0.29) is 10.8 Å². The summed E-state index contributed by atoms with van der Waals surface area (Å²) in [4.78, 5) is 12.1. The Morgan fingerprint density at radius 2 is 2.16 bits per heavy atom. The molecule has 1 saturated heterocycles. The minimum absolute atomic E-state index is 0.195. The Labute approximate surface area is 112 Å². The molecule has 6 heteroatoms. The summed E-state index contributed by atoms with van der Waals surface area (Å²) in [5, 5.41) is 2.74. The Morgan fingerprint density at radius 3 is 2.74 bits per heavy atom. The van der Waals surface area contributed by atoms with E-state index in [1.165, 1.54) is 12.1 Å². The Kier molecular flexibility index (Phi) is 3.91. The van der Waals surface area contributed by atoms with Gasteiger partial charge in [-0.1, -0.05) is 6.07 Å². The zero-order valence-electron chi connectivity index (χ0n) is 11.0. The number of ether oxygens (including phenoxy) is 1. The molecule has 104 valence electrons. The van der Waals surface area contributed by atoms with Gasteiger partial charge in [0.2, 0.25) is 0 Å². The number of rotatable bonds is 3. The minimum Gasteiger partial charge on any atom is -0.368 e. The Hall–Kier alpha value is -1.40. The number of hydrogen-bond acceptors (Lipinski definition) is 4. The standard InChI is InChI=1S/C13H17NO4S/c1-9-5-6-10(19(2,16)17)8-11(9)14-13(15)12-4-3-7-18-12/h5-6,8,12H,3-4,7H2,1-2H3,(H,14,15). The van der Waals surface area contributed by atoms with E-state index in [0.29, 0.717) is 18.7 Å². The first-order chi connectivity index (χ1) is 8.88. The second-order valence-corrected chi connectivity index (χ2v) is 6.76. The molecule has 1 aliphatic rings. The molecule has 1 aliphatic heterocycles. The lowest BCUT2D eigenvalue weighted by molar-refractivity contribution is -0.124. The molecule has 0 aromatic heterocycles. The number of nitrogens with one attached hydrogen (secondary N) is 1. The predicted octanol–water partition coefficient (Wildman–Crippen LogP) is 1.52. The Morgan fingerprint density at radius 1 is 1.42 bits per heavy atom. The molecule has 0 aliphatic carbocycles. The Balaban J connectivity index is 2.22. The van der Waals surface area contributed by atoms with Crippen LogP contribution in [0, 0.1) is 6.92 Å². The highest BCUT2D eigenvalue weighted by Crippen LogP contribution is 2.22. The van der Waals surface area contributed by atoms with Crippen molar-refractivity contribution >= 4 is 21.4 Å². The zero-order valence-corrected chi connectivity index (χ0v) is 11.8. The molecule has 1 unspecified atom stereocenters. The Bertz CT molecular complexity index is 589. The van der Waals surface area contributed by atoms with Crippen molar-refractivity contribution in [1.29, 1.82) is 0 Å². The molecule has 0 radical (unpaired) electrons. The maximum Gasteiger partial charge on any atom is 0.253 e. The van der Waals surface area contributed by atoms with Gasteiger partial charge in [-0.25, -0.2) is 8.42 Å². The van der Waals surface area contributed by atoms with Gasteiger partial charge in [0.25, 0.3) is 5.91 Å². The van der Waals surface area contributed by atoms with Crippen LogP contribution in [0.4, 0.5) is 5.69 Å². The van der Waals surface area contributed by atoms with Gasteiger partial charge in [0.05, 0.1) is 4.90 Å². The molecular weight excluding hydrogens is 266 g/mol. The second kappa shape index (κ2) is 5.30. The number of carbonyl (C=O) groups is 1. The highest BCUT2D eigenvalue weighted by atomic mass is 32.2. The summed E-state index contributed by atoms with van der Waals surface area (Å²) in [6, 6.07) is 4.70. The fourth-order valence-electron chi connectivity index (χ4n) is 1.96. The van der Waals surface area contributed by atoms with Gasteiger partial charge >= 0.3 is 0 Å². The van der Waals surface area contributed by atoms with Crippen molar-refractivity contribution in [1.82, 2.24) is 0 Å². The van der Waals surface area contributed by atoms with E-state index >= 15 is 0 Å². The van der Waals surface area contributed by atoms with Crippen LogP contribution in [0.25, 0.3) is 0 Å². The summed E-state index contributed by atoms with van der Waals surface area (Å²) in [6.45, 7) is 2.41. The van der Waals surface area contributed by atoms with Crippen LogP contribution in [0.15, 0.2) is 23.1 Å². The SMILES string of the molecule is Cc1ccc(S(C)(=O)=O)cc1NC(=O)C1CCCO1. The maximum atomic E-state index is 11.9. The molecule has 19 heavy (non-hydrogen) atoms. The molecule has 2 rings (SSSR count). The van der Waals surface area contributed by atoms with E-state index in [2.05, 4.69) is 5.32 Å². The van der Waals surface area contributed by atoms with E-state index in [0.717, 1.165) is 18.2 Å². The van der Waals surface area contributed by atoms with Crippen LogP contribution in [0.2, 0.25) is 0 Å². The van der Waals surface area contributed by atoms with Crippen LogP contribution in [0.1, 0.15) is 18.4 Å². The molecule has 1 N–H and O–H groups in total. The first-order valence-electron chi connectivity index (χ1n) is 6.11. The molecule has 0 spiro atoms. The lowest BCUT2D eigenvalue weighted by Crippen LogP contribution is -2.27. The predicted molar refractivity (Wildman–Crippen MR) is 71.9 cm³/mol. The normalized spacial score (nSPS) is 19.4. The summed E-state index contributed by atoms with van der Waals surface area (Å²) in [6.07, 6.45) is 2.29. The van der Waals surface area contributed by atoms with Crippen molar-refractivity contribution in [2.45, 2.75) is 30.8 Å². The van der Waals surface area contributed by atoms with Crippen LogP contribution < -0.4 is 5.32 Å². The molecule has 0 bridgehead atoms. The highest BCUT2D eigenvalue weighted by molar-refractivity contribution is 7.90. The second-order valence-electron chi connectivity index (χ2n) is 4.74. The number of sulfone groups is 1. The minimum atomic E-state index is -3.28. The lowest BCUT2D eigenvalue weighted by atomic mass is 10.2. The number of anilines is 1. The van der Waals surface area contributed by atoms with Crippen molar-refractivity contribution < 1.29 is 17.9 Å². The summed E-state index contributed by atoms with van der Waals surface area (Å²) in [7, 11) is -3.28. The van der Waals surface area contributed by atoms with E-state index in [4.69, 9.17) is 4.74 Å². The molecule has 1 fully saturated rings. The summed E-state index contributed by atoms with van der Waals surface area (Å²) in [5.41, 5.74) is 1.34. The summed E-state index contributed by atoms with van der Waals surface area (Å²) in [5.74, 6) is -0.216. The molecule has 5 nitrogen and oxygen atoms in total. The molecular formula is C13H17NO4S. The maximum absolute atomic E-state index is 11.9. The van der Waals surface area contributed by atoms with Gasteiger partial charge < -0.3 is 10.1 Å². The largest absolute Gasteiger partial charge is 0.368 e. The third-order valence-corrected chi connectivity index (χ3v) is 4.23. The number of aryl methyl sites for hydroxylation is 1.